The molecule has 0 spiro atoms. The zero-order valence-corrected chi connectivity index (χ0v) is 12.6. The first-order chi connectivity index (χ1) is 11.2. The van der Waals surface area contributed by atoms with Gasteiger partial charge in [-0.1, -0.05) is 0 Å². The second-order valence-corrected chi connectivity index (χ2v) is 5.24. The number of aromatic nitrogens is 3. The maximum Gasteiger partial charge on any atom is 0.255 e. The smallest absolute Gasteiger partial charge is 0.255 e. The molecule has 3 heterocycles. The monoisotopic (exact) mass is 309 g/mol. The molecule has 7 nitrogen and oxygen atoms in total. The fourth-order valence-corrected chi connectivity index (χ4v) is 2.54. The van der Waals surface area contributed by atoms with Gasteiger partial charge in [-0.3, -0.25) is 9.78 Å². The maximum absolute atomic E-state index is 12.5. The quantitative estimate of drug-likeness (QED) is 0.849. The third kappa shape index (κ3) is 3.11. The van der Waals surface area contributed by atoms with E-state index in [1.165, 1.54) is 12.4 Å². The Labute approximate surface area is 133 Å². The Morgan fingerprint density at radius 1 is 1.35 bits per heavy atom. The van der Waals surface area contributed by atoms with Crippen molar-refractivity contribution < 1.29 is 9.53 Å². The number of amides is 1. The average Bonchev–Trinajstić information content (AvgIpc) is 3.04. The van der Waals surface area contributed by atoms with E-state index < -0.39 is 0 Å². The molecule has 1 saturated heterocycles. The van der Waals surface area contributed by atoms with Gasteiger partial charge in [-0.15, -0.1) is 0 Å². The molecule has 23 heavy (non-hydrogen) atoms. The highest BCUT2D eigenvalue weighted by Gasteiger charge is 2.29. The molecule has 1 amide bonds. The van der Waals surface area contributed by atoms with E-state index in [0.29, 0.717) is 30.8 Å². The van der Waals surface area contributed by atoms with Crippen LogP contribution in [-0.4, -0.2) is 45.0 Å². The van der Waals surface area contributed by atoms with Gasteiger partial charge in [-0.25, -0.2) is 9.97 Å². The second kappa shape index (κ2) is 6.40. The molecule has 0 N–H and O–H groups in total. The van der Waals surface area contributed by atoms with Crippen LogP contribution in [0.5, 0.6) is 5.88 Å². The Hall–Kier alpha value is -3.01. The van der Waals surface area contributed by atoms with Crippen LogP contribution < -0.4 is 4.74 Å². The first kappa shape index (κ1) is 14.9. The molecule has 0 saturated carbocycles. The van der Waals surface area contributed by atoms with Crippen molar-refractivity contribution in [2.45, 2.75) is 19.4 Å². The van der Waals surface area contributed by atoms with Gasteiger partial charge in [0, 0.05) is 37.3 Å². The second-order valence-electron chi connectivity index (χ2n) is 5.24. The molecule has 0 aliphatic carbocycles. The zero-order valence-electron chi connectivity index (χ0n) is 12.6. The van der Waals surface area contributed by atoms with E-state index >= 15 is 0 Å². The molecule has 1 aliphatic rings. The van der Waals surface area contributed by atoms with Crippen LogP contribution in [0.3, 0.4) is 0 Å². The molecule has 0 radical (unpaired) electrons. The number of hydrogen-bond donors (Lipinski definition) is 0. The van der Waals surface area contributed by atoms with Crippen molar-refractivity contribution in [3.63, 3.8) is 0 Å². The summed E-state index contributed by atoms with van der Waals surface area (Å²) in [4.78, 5) is 26.4. The van der Waals surface area contributed by atoms with Gasteiger partial charge in [-0.2, -0.15) is 5.26 Å². The zero-order chi connectivity index (χ0) is 16.2. The van der Waals surface area contributed by atoms with E-state index in [4.69, 9.17) is 10.00 Å². The summed E-state index contributed by atoms with van der Waals surface area (Å²) in [6.07, 6.45) is 5.08. The molecule has 7 heteroatoms. The van der Waals surface area contributed by atoms with Crippen LogP contribution in [0.1, 0.15) is 28.2 Å². The normalized spacial score (nSPS) is 16.9. The number of likely N-dealkylation sites (tertiary alicyclic amines) is 1. The van der Waals surface area contributed by atoms with Crippen LogP contribution in [0.2, 0.25) is 0 Å². The van der Waals surface area contributed by atoms with Gasteiger partial charge in [-0.05, 0) is 19.1 Å². The highest BCUT2D eigenvalue weighted by atomic mass is 16.5. The predicted molar refractivity (Wildman–Crippen MR) is 80.7 cm³/mol. The Bertz CT molecular complexity index is 771. The number of pyridine rings is 1. The van der Waals surface area contributed by atoms with Gasteiger partial charge in [0.1, 0.15) is 12.2 Å². The summed E-state index contributed by atoms with van der Waals surface area (Å²) in [5.41, 5.74) is 1.47. The van der Waals surface area contributed by atoms with Crippen molar-refractivity contribution in [1.29, 1.82) is 5.26 Å². The number of carbonyl (C=O) groups is 1. The lowest BCUT2D eigenvalue weighted by Crippen LogP contribution is -2.31. The largest absolute Gasteiger partial charge is 0.470 e. The highest BCUT2D eigenvalue weighted by Crippen LogP contribution is 2.20. The number of rotatable bonds is 3. The van der Waals surface area contributed by atoms with Crippen LogP contribution in [0.25, 0.3) is 0 Å². The molecular formula is C16H15N5O2. The van der Waals surface area contributed by atoms with Crippen LogP contribution in [0, 0.1) is 18.3 Å². The Kier molecular flexibility index (Phi) is 4.15. The molecule has 1 aliphatic heterocycles. The Morgan fingerprint density at radius 2 is 2.17 bits per heavy atom. The van der Waals surface area contributed by atoms with Gasteiger partial charge in [0.05, 0.1) is 12.1 Å². The molecule has 3 rings (SSSR count). The van der Waals surface area contributed by atoms with Crippen molar-refractivity contribution in [3.05, 3.63) is 47.7 Å². The molecule has 0 bridgehead atoms. The van der Waals surface area contributed by atoms with Crippen molar-refractivity contribution in [1.82, 2.24) is 19.9 Å². The molecule has 1 atom stereocenters. The van der Waals surface area contributed by atoms with Gasteiger partial charge in [0.15, 0.2) is 0 Å². The number of ether oxygens (including phenoxy) is 1. The predicted octanol–water partition coefficient (Wildman–Crippen LogP) is 1.35. The van der Waals surface area contributed by atoms with Gasteiger partial charge >= 0.3 is 0 Å². The van der Waals surface area contributed by atoms with Crippen molar-refractivity contribution in [2.75, 3.05) is 13.1 Å². The molecule has 0 unspecified atom stereocenters. The molecule has 1 fully saturated rings. The van der Waals surface area contributed by atoms with Crippen LogP contribution in [0.15, 0.2) is 30.7 Å². The van der Waals surface area contributed by atoms with Crippen molar-refractivity contribution in [2.24, 2.45) is 0 Å². The minimum atomic E-state index is -0.195. The average molecular weight is 309 g/mol. The minimum absolute atomic E-state index is 0.0543. The summed E-state index contributed by atoms with van der Waals surface area (Å²) in [5, 5.41) is 9.01. The third-order valence-electron chi connectivity index (χ3n) is 3.72. The lowest BCUT2D eigenvalue weighted by Gasteiger charge is -2.17. The third-order valence-corrected chi connectivity index (χ3v) is 3.72. The lowest BCUT2D eigenvalue weighted by atomic mass is 10.2. The SMILES string of the molecule is Cc1ncccc1C(=O)N1CC[C@@H](Oc2nccnc2C#N)C1. The summed E-state index contributed by atoms with van der Waals surface area (Å²) in [6, 6.07) is 5.48. The summed E-state index contributed by atoms with van der Waals surface area (Å²) in [6.45, 7) is 2.87. The topological polar surface area (TPSA) is 92.0 Å². The summed E-state index contributed by atoms with van der Waals surface area (Å²) < 4.78 is 5.74. The first-order valence-electron chi connectivity index (χ1n) is 7.27. The van der Waals surface area contributed by atoms with Gasteiger partial charge < -0.3 is 9.64 Å². The summed E-state index contributed by atoms with van der Waals surface area (Å²) in [7, 11) is 0. The van der Waals surface area contributed by atoms with Crippen molar-refractivity contribution >= 4 is 5.91 Å². The van der Waals surface area contributed by atoms with E-state index in [-0.39, 0.29) is 23.6 Å². The number of nitrogens with zero attached hydrogens (tertiary/aromatic N) is 5. The van der Waals surface area contributed by atoms with E-state index in [1.807, 2.05) is 13.0 Å². The minimum Gasteiger partial charge on any atom is -0.470 e. The lowest BCUT2D eigenvalue weighted by molar-refractivity contribution is 0.0770. The van der Waals surface area contributed by atoms with Gasteiger partial charge in [0.2, 0.25) is 5.69 Å². The van der Waals surface area contributed by atoms with E-state index in [9.17, 15) is 4.79 Å². The van der Waals surface area contributed by atoms with Crippen LogP contribution >= 0.6 is 0 Å². The van der Waals surface area contributed by atoms with E-state index in [1.54, 1.807) is 23.2 Å². The van der Waals surface area contributed by atoms with Crippen LogP contribution in [0.4, 0.5) is 0 Å². The number of hydrogen-bond acceptors (Lipinski definition) is 6. The summed E-state index contributed by atoms with van der Waals surface area (Å²) in [5.74, 6) is 0.160. The fourth-order valence-electron chi connectivity index (χ4n) is 2.54. The van der Waals surface area contributed by atoms with E-state index in [0.717, 1.165) is 0 Å². The number of nitriles is 1. The molecule has 2 aromatic heterocycles. The molecule has 116 valence electrons. The Balaban J connectivity index is 1.68. The standard InChI is InChI=1S/C16H15N5O2/c1-11-13(3-2-5-18-11)16(22)21-8-4-12(10-21)23-15-14(9-17)19-6-7-20-15/h2-3,5-7,12H,4,8,10H2,1H3/t12-/m1/s1. The fraction of sp³-hybridized carbons (Fsp3) is 0.312. The molecule has 2 aromatic rings. The molecule has 0 aromatic carbocycles. The van der Waals surface area contributed by atoms with Gasteiger partial charge in [0.25, 0.3) is 11.8 Å². The van der Waals surface area contributed by atoms with Crippen molar-refractivity contribution in [3.8, 4) is 11.9 Å². The van der Waals surface area contributed by atoms with Crippen LogP contribution in [-0.2, 0) is 0 Å². The van der Waals surface area contributed by atoms with E-state index in [2.05, 4.69) is 15.0 Å². The number of carbonyl (C=O) groups excluding carboxylic acids is 1. The first-order valence-corrected chi connectivity index (χ1v) is 7.27. The Morgan fingerprint density at radius 3 is 2.96 bits per heavy atom. The summed E-state index contributed by atoms with van der Waals surface area (Å²) >= 11 is 0. The number of aryl methyl sites for hydroxylation is 1. The maximum atomic E-state index is 12.5. The highest BCUT2D eigenvalue weighted by molar-refractivity contribution is 5.95. The molecular weight excluding hydrogens is 294 g/mol.